The van der Waals surface area contributed by atoms with Crippen LogP contribution >= 0.6 is 0 Å². The molecule has 2 unspecified atom stereocenters. The van der Waals surface area contributed by atoms with Crippen LogP contribution in [0.3, 0.4) is 0 Å². The number of ether oxygens (including phenoxy) is 1. The van der Waals surface area contributed by atoms with Crippen LogP contribution in [0.15, 0.2) is 0 Å². The molecule has 0 bridgehead atoms. The molecule has 0 aromatic heterocycles. The summed E-state index contributed by atoms with van der Waals surface area (Å²) < 4.78 is 5.23. The summed E-state index contributed by atoms with van der Waals surface area (Å²) in [5.74, 6) is 0.459. The van der Waals surface area contributed by atoms with E-state index in [0.29, 0.717) is 32.0 Å². The van der Waals surface area contributed by atoms with Crippen molar-refractivity contribution < 1.29 is 14.9 Å². The standard InChI is InChI=1S/C10H18O3/c1-8-6-9(8,7-11)10(12)2-4-13-5-3-10/h8,11-12H,2-7H2,1H3. The third-order valence-electron chi connectivity index (χ3n) is 3.98. The average Bonchev–Trinajstić information content (AvgIpc) is 2.80. The van der Waals surface area contributed by atoms with E-state index in [1.807, 2.05) is 0 Å². The summed E-state index contributed by atoms with van der Waals surface area (Å²) in [4.78, 5) is 0. The Morgan fingerprint density at radius 1 is 1.38 bits per heavy atom. The monoisotopic (exact) mass is 186 g/mol. The average molecular weight is 186 g/mol. The van der Waals surface area contributed by atoms with Gasteiger partial charge in [0.25, 0.3) is 0 Å². The van der Waals surface area contributed by atoms with E-state index in [1.54, 1.807) is 0 Å². The number of rotatable bonds is 2. The van der Waals surface area contributed by atoms with Gasteiger partial charge < -0.3 is 14.9 Å². The van der Waals surface area contributed by atoms with E-state index < -0.39 is 5.60 Å². The maximum Gasteiger partial charge on any atom is 0.0772 e. The highest BCUT2D eigenvalue weighted by Crippen LogP contribution is 2.61. The molecule has 0 aromatic rings. The fourth-order valence-electron chi connectivity index (χ4n) is 2.71. The molecule has 2 N–H and O–H groups in total. The van der Waals surface area contributed by atoms with Crippen LogP contribution in [0.1, 0.15) is 26.2 Å². The molecule has 1 aliphatic carbocycles. The van der Waals surface area contributed by atoms with Gasteiger partial charge in [-0.2, -0.15) is 0 Å². The maximum atomic E-state index is 10.4. The summed E-state index contributed by atoms with van der Waals surface area (Å²) in [6.45, 7) is 3.48. The summed E-state index contributed by atoms with van der Waals surface area (Å²) >= 11 is 0. The Morgan fingerprint density at radius 3 is 2.31 bits per heavy atom. The molecule has 0 aromatic carbocycles. The van der Waals surface area contributed by atoms with Gasteiger partial charge in [0.2, 0.25) is 0 Å². The van der Waals surface area contributed by atoms with Gasteiger partial charge in [0.05, 0.1) is 12.2 Å². The maximum absolute atomic E-state index is 10.4. The van der Waals surface area contributed by atoms with Gasteiger partial charge in [0.15, 0.2) is 0 Å². The zero-order valence-electron chi connectivity index (χ0n) is 8.12. The molecule has 2 atom stereocenters. The van der Waals surface area contributed by atoms with Gasteiger partial charge >= 0.3 is 0 Å². The van der Waals surface area contributed by atoms with Crippen LogP contribution in [0, 0.1) is 11.3 Å². The highest BCUT2D eigenvalue weighted by Gasteiger charge is 2.63. The molecule has 1 saturated carbocycles. The molecule has 1 aliphatic heterocycles. The van der Waals surface area contributed by atoms with Crippen molar-refractivity contribution in [3.63, 3.8) is 0 Å². The van der Waals surface area contributed by atoms with Crippen molar-refractivity contribution in [3.8, 4) is 0 Å². The third kappa shape index (κ3) is 1.22. The minimum atomic E-state index is -0.667. The number of hydrogen-bond donors (Lipinski definition) is 2. The second kappa shape index (κ2) is 2.94. The molecule has 2 rings (SSSR count). The first-order valence-electron chi connectivity index (χ1n) is 5.06. The molecule has 1 heterocycles. The van der Waals surface area contributed by atoms with E-state index in [2.05, 4.69) is 6.92 Å². The zero-order valence-corrected chi connectivity index (χ0v) is 8.12. The molecule has 2 fully saturated rings. The van der Waals surface area contributed by atoms with Crippen molar-refractivity contribution in [1.82, 2.24) is 0 Å². The molecule has 76 valence electrons. The lowest BCUT2D eigenvalue weighted by Gasteiger charge is -2.39. The van der Waals surface area contributed by atoms with Crippen molar-refractivity contribution in [2.75, 3.05) is 19.8 Å². The minimum absolute atomic E-state index is 0.116. The summed E-state index contributed by atoms with van der Waals surface area (Å²) in [5, 5.41) is 19.7. The first kappa shape index (κ1) is 9.44. The quantitative estimate of drug-likeness (QED) is 0.662. The Bertz CT molecular complexity index is 194. The van der Waals surface area contributed by atoms with E-state index in [1.165, 1.54) is 0 Å². The van der Waals surface area contributed by atoms with Crippen molar-refractivity contribution in [3.05, 3.63) is 0 Å². The Hall–Kier alpha value is -0.120. The fraction of sp³-hybridized carbons (Fsp3) is 1.00. The van der Waals surface area contributed by atoms with Gasteiger partial charge in [-0.05, 0) is 12.3 Å². The molecule has 0 amide bonds. The smallest absolute Gasteiger partial charge is 0.0772 e. The Morgan fingerprint density at radius 2 is 1.92 bits per heavy atom. The molecule has 13 heavy (non-hydrogen) atoms. The number of aliphatic hydroxyl groups excluding tert-OH is 1. The fourth-order valence-corrected chi connectivity index (χ4v) is 2.71. The van der Waals surface area contributed by atoms with E-state index in [0.717, 1.165) is 6.42 Å². The topological polar surface area (TPSA) is 49.7 Å². The Kier molecular flexibility index (Phi) is 2.13. The first-order chi connectivity index (χ1) is 6.15. The van der Waals surface area contributed by atoms with Gasteiger partial charge in [0, 0.05) is 31.5 Å². The van der Waals surface area contributed by atoms with E-state index in [-0.39, 0.29) is 12.0 Å². The summed E-state index contributed by atoms with van der Waals surface area (Å²) in [7, 11) is 0. The minimum Gasteiger partial charge on any atom is -0.396 e. The second-order valence-corrected chi connectivity index (χ2v) is 4.56. The largest absolute Gasteiger partial charge is 0.396 e. The SMILES string of the molecule is CC1CC1(CO)C1(O)CCOCC1. The highest BCUT2D eigenvalue weighted by molar-refractivity contribution is 5.12. The molecule has 3 heteroatoms. The first-order valence-corrected chi connectivity index (χ1v) is 5.06. The molecular weight excluding hydrogens is 168 g/mol. The molecule has 1 saturated heterocycles. The lowest BCUT2D eigenvalue weighted by molar-refractivity contribution is -0.125. The summed E-state index contributed by atoms with van der Waals surface area (Å²) in [6.07, 6.45) is 2.32. The van der Waals surface area contributed by atoms with Crippen molar-refractivity contribution in [2.24, 2.45) is 11.3 Å². The van der Waals surface area contributed by atoms with Crippen LogP contribution in [0.25, 0.3) is 0 Å². The van der Waals surface area contributed by atoms with Crippen LogP contribution in [0.5, 0.6) is 0 Å². The Labute approximate surface area is 78.7 Å². The molecular formula is C10H18O3. The predicted molar refractivity (Wildman–Crippen MR) is 48.3 cm³/mol. The van der Waals surface area contributed by atoms with Crippen molar-refractivity contribution >= 4 is 0 Å². The second-order valence-electron chi connectivity index (χ2n) is 4.56. The lowest BCUT2D eigenvalue weighted by atomic mass is 9.77. The van der Waals surface area contributed by atoms with Gasteiger partial charge in [-0.25, -0.2) is 0 Å². The number of hydrogen-bond acceptors (Lipinski definition) is 3. The van der Waals surface area contributed by atoms with Crippen LogP contribution < -0.4 is 0 Å². The summed E-state index contributed by atoms with van der Waals surface area (Å²) in [5.41, 5.74) is -0.879. The van der Waals surface area contributed by atoms with E-state index >= 15 is 0 Å². The molecule has 0 spiro atoms. The van der Waals surface area contributed by atoms with Crippen LogP contribution in [-0.2, 0) is 4.74 Å². The molecule has 3 nitrogen and oxygen atoms in total. The van der Waals surface area contributed by atoms with Gasteiger partial charge in [-0.15, -0.1) is 0 Å². The highest BCUT2D eigenvalue weighted by atomic mass is 16.5. The van der Waals surface area contributed by atoms with Crippen LogP contribution in [0.4, 0.5) is 0 Å². The van der Waals surface area contributed by atoms with E-state index in [4.69, 9.17) is 4.74 Å². The predicted octanol–water partition coefficient (Wildman–Crippen LogP) is 0.546. The van der Waals surface area contributed by atoms with E-state index in [9.17, 15) is 10.2 Å². The van der Waals surface area contributed by atoms with Crippen molar-refractivity contribution in [2.45, 2.75) is 31.8 Å². The van der Waals surface area contributed by atoms with Crippen LogP contribution in [-0.4, -0.2) is 35.6 Å². The number of aliphatic hydroxyl groups is 2. The van der Waals surface area contributed by atoms with Gasteiger partial charge in [0.1, 0.15) is 0 Å². The summed E-state index contributed by atoms with van der Waals surface area (Å²) in [6, 6.07) is 0. The molecule has 2 aliphatic rings. The van der Waals surface area contributed by atoms with Gasteiger partial charge in [-0.3, -0.25) is 0 Å². The normalized spacial score (nSPS) is 43.2. The lowest BCUT2D eigenvalue weighted by Crippen LogP contribution is -2.47. The van der Waals surface area contributed by atoms with Gasteiger partial charge in [-0.1, -0.05) is 6.92 Å². The zero-order chi connectivity index (χ0) is 9.53. The third-order valence-corrected chi connectivity index (χ3v) is 3.98. The Balaban J connectivity index is 2.12. The molecule has 0 radical (unpaired) electrons. The van der Waals surface area contributed by atoms with Crippen LogP contribution in [0.2, 0.25) is 0 Å². The van der Waals surface area contributed by atoms with Crippen molar-refractivity contribution in [1.29, 1.82) is 0 Å².